The first kappa shape index (κ1) is 24.9. The molecule has 4 rings (SSSR count). The number of aromatic nitrogens is 1. The predicted molar refractivity (Wildman–Crippen MR) is 124 cm³/mol. The van der Waals surface area contributed by atoms with Crippen molar-refractivity contribution in [3.63, 3.8) is 0 Å². The molecule has 0 aromatic carbocycles. The number of rotatable bonds is 9. The Balaban J connectivity index is 1.54. The third-order valence-electron chi connectivity index (χ3n) is 6.20. The molecule has 3 aliphatic heterocycles. The molecule has 0 saturated carbocycles. The first-order valence-corrected chi connectivity index (χ1v) is 12.7. The maximum Gasteiger partial charge on any atom is 0.359 e. The third-order valence-corrected chi connectivity index (χ3v) is 8.21. The fourth-order valence-electron chi connectivity index (χ4n) is 4.77. The standard InChI is InChI=1S/C20H24N6O7S2/c1-33-24-13(11-9-35-20(21)22-11)16(29)23-14-17(30)25-15(19(31)32)10(8-34-18(14)25)6-26(7-12(27)28)4-2-3-5-26/h9,14,18H,2-8H2,1H3,(H4-,21,22,23,27,28,29,31,32)/b24-13-/t14?,18-/m1/s1. The summed E-state index contributed by atoms with van der Waals surface area (Å²) >= 11 is 2.41. The molecule has 1 aromatic rings. The number of nitrogens with two attached hydrogens (primary N) is 1. The van der Waals surface area contributed by atoms with Crippen molar-refractivity contribution in [2.75, 3.05) is 44.8 Å². The molecule has 0 aliphatic carbocycles. The molecule has 4 N–H and O–H groups in total. The fourth-order valence-corrected chi connectivity index (χ4v) is 6.65. The van der Waals surface area contributed by atoms with Gasteiger partial charge in [-0.15, -0.1) is 23.1 Å². The number of nitrogens with one attached hydrogen (secondary N) is 1. The highest BCUT2D eigenvalue weighted by Gasteiger charge is 2.54. The number of quaternary nitrogens is 1. The van der Waals surface area contributed by atoms with Crippen molar-refractivity contribution >= 4 is 57.7 Å². The summed E-state index contributed by atoms with van der Waals surface area (Å²) in [4.78, 5) is 59.2. The van der Waals surface area contributed by atoms with Gasteiger partial charge in [-0.1, -0.05) is 5.16 Å². The second-order valence-corrected chi connectivity index (χ2v) is 10.5. The topological polar surface area (TPSA) is 187 Å². The Kier molecular flexibility index (Phi) is 7.00. The number of thiazole rings is 1. The monoisotopic (exact) mass is 524 g/mol. The van der Waals surface area contributed by atoms with Gasteiger partial charge in [0.2, 0.25) is 0 Å². The van der Waals surface area contributed by atoms with Crippen molar-refractivity contribution in [3.8, 4) is 0 Å². The lowest BCUT2D eigenvalue weighted by atomic mass is 10.0. The van der Waals surface area contributed by atoms with E-state index in [-0.39, 0.29) is 45.6 Å². The molecule has 188 valence electrons. The second-order valence-electron chi connectivity index (χ2n) is 8.50. The Hall–Kier alpha value is -3.17. The lowest BCUT2D eigenvalue weighted by molar-refractivity contribution is -0.905. The Bertz CT molecular complexity index is 1130. The lowest BCUT2D eigenvalue weighted by Crippen LogP contribution is -2.72. The zero-order valence-corrected chi connectivity index (χ0v) is 20.4. The van der Waals surface area contributed by atoms with Crippen LogP contribution < -0.4 is 16.2 Å². The van der Waals surface area contributed by atoms with Crippen molar-refractivity contribution in [1.82, 2.24) is 15.2 Å². The highest BCUT2D eigenvalue weighted by atomic mass is 32.2. The second kappa shape index (κ2) is 9.83. The van der Waals surface area contributed by atoms with E-state index in [0.717, 1.165) is 29.1 Å². The number of thioether (sulfide) groups is 1. The average molecular weight is 525 g/mol. The number of amides is 2. The number of carbonyl (C=O) groups is 4. The normalized spacial score (nSPS) is 23.5. The van der Waals surface area contributed by atoms with Gasteiger partial charge in [-0.05, 0) is 0 Å². The number of β-lactam (4-membered cyclic amide) rings is 1. The molecule has 3 aliphatic rings. The number of aliphatic carboxylic acids is 2. The summed E-state index contributed by atoms with van der Waals surface area (Å²) in [5, 5.41) is 28.8. The number of carboxylic acids is 2. The van der Waals surface area contributed by atoms with Crippen LogP contribution >= 0.6 is 23.1 Å². The Morgan fingerprint density at radius 2 is 2.11 bits per heavy atom. The quantitative estimate of drug-likeness (QED) is 0.144. The molecule has 13 nitrogen and oxygen atoms in total. The number of hydrogen-bond donors (Lipinski definition) is 3. The predicted octanol–water partition coefficient (Wildman–Crippen LogP) is -1.83. The zero-order chi connectivity index (χ0) is 25.3. The molecule has 2 atom stereocenters. The van der Waals surface area contributed by atoms with Gasteiger partial charge in [-0.25, -0.2) is 9.78 Å². The maximum absolute atomic E-state index is 13.0. The Morgan fingerprint density at radius 1 is 1.40 bits per heavy atom. The van der Waals surface area contributed by atoms with Crippen LogP contribution in [0.5, 0.6) is 0 Å². The number of likely N-dealkylation sites (tertiary alicyclic amines) is 1. The summed E-state index contributed by atoms with van der Waals surface area (Å²) in [5.74, 6) is -3.51. The first-order valence-electron chi connectivity index (χ1n) is 10.7. The van der Waals surface area contributed by atoms with Crippen molar-refractivity contribution in [1.29, 1.82) is 0 Å². The number of oxime groups is 1. The molecular weight excluding hydrogens is 500 g/mol. The smallest absolute Gasteiger partial charge is 0.359 e. The Morgan fingerprint density at radius 3 is 2.69 bits per heavy atom. The number of hydrogen-bond acceptors (Lipinski definition) is 11. The summed E-state index contributed by atoms with van der Waals surface area (Å²) in [6, 6.07) is -0.990. The lowest BCUT2D eigenvalue weighted by Gasteiger charge is -2.51. The van der Waals surface area contributed by atoms with Crippen LogP contribution in [0.25, 0.3) is 0 Å². The van der Waals surface area contributed by atoms with Crippen LogP contribution in [0, 0.1) is 0 Å². The highest BCUT2D eigenvalue weighted by molar-refractivity contribution is 8.00. The number of carboxylic acid groups (broad SMARTS) is 2. The number of carbonyl (C=O) groups excluding carboxylic acids is 3. The van der Waals surface area contributed by atoms with Gasteiger partial charge < -0.3 is 35.4 Å². The summed E-state index contributed by atoms with van der Waals surface area (Å²) in [6.07, 6.45) is 1.70. The van der Waals surface area contributed by atoms with E-state index in [9.17, 15) is 29.4 Å². The van der Waals surface area contributed by atoms with Crippen molar-refractivity contribution < 1.29 is 38.7 Å². The first-order chi connectivity index (χ1) is 16.7. The van der Waals surface area contributed by atoms with Gasteiger partial charge in [0.1, 0.15) is 30.8 Å². The average Bonchev–Trinajstić information content (AvgIpc) is 3.43. The molecule has 15 heteroatoms. The number of nitrogens with zero attached hydrogens (tertiary/aromatic N) is 4. The molecule has 1 aromatic heterocycles. The summed E-state index contributed by atoms with van der Waals surface area (Å²) in [7, 11) is 1.26. The van der Waals surface area contributed by atoms with Crippen molar-refractivity contribution in [2.24, 2.45) is 5.16 Å². The zero-order valence-electron chi connectivity index (χ0n) is 18.8. The molecule has 2 saturated heterocycles. The van der Waals surface area contributed by atoms with Gasteiger partial charge in [-0.2, -0.15) is 0 Å². The van der Waals surface area contributed by atoms with Gasteiger partial charge in [0, 0.05) is 29.5 Å². The van der Waals surface area contributed by atoms with Gasteiger partial charge in [0.15, 0.2) is 17.4 Å². The molecule has 0 radical (unpaired) electrons. The minimum atomic E-state index is -1.50. The van der Waals surface area contributed by atoms with E-state index in [4.69, 9.17) is 10.6 Å². The molecule has 2 amide bonds. The number of nitrogen functional groups attached to an aromatic ring is 1. The minimum Gasteiger partial charge on any atom is -0.543 e. The molecule has 4 heterocycles. The van der Waals surface area contributed by atoms with Crippen LogP contribution in [0.15, 0.2) is 21.8 Å². The molecule has 35 heavy (non-hydrogen) atoms. The van der Waals surface area contributed by atoms with Crippen LogP contribution in [0.3, 0.4) is 0 Å². The molecule has 0 bridgehead atoms. The fraction of sp³-hybridized carbons (Fsp3) is 0.500. The maximum atomic E-state index is 13.0. The van der Waals surface area contributed by atoms with E-state index in [1.165, 1.54) is 24.3 Å². The minimum absolute atomic E-state index is 0.118. The number of fused-ring (bicyclic) bond motifs is 1. The molecule has 1 unspecified atom stereocenters. The summed E-state index contributed by atoms with van der Waals surface area (Å²) in [6.45, 7) is 1.35. The van der Waals surface area contributed by atoms with Crippen LogP contribution in [0.2, 0.25) is 0 Å². The van der Waals surface area contributed by atoms with Crippen LogP contribution in [0.1, 0.15) is 18.5 Å². The van der Waals surface area contributed by atoms with Crippen LogP contribution in [-0.4, -0.2) is 99.4 Å². The van der Waals surface area contributed by atoms with E-state index in [1.54, 1.807) is 0 Å². The van der Waals surface area contributed by atoms with E-state index in [1.807, 2.05) is 0 Å². The van der Waals surface area contributed by atoms with Crippen LogP contribution in [-0.2, 0) is 24.0 Å². The van der Waals surface area contributed by atoms with Gasteiger partial charge in [-0.3, -0.25) is 14.5 Å². The largest absolute Gasteiger partial charge is 0.543 e. The molecule has 0 spiro atoms. The molecular formula is C20H24N6O7S2. The summed E-state index contributed by atoms with van der Waals surface area (Å²) < 4.78 is 0.239. The van der Waals surface area contributed by atoms with E-state index in [0.29, 0.717) is 18.7 Å². The van der Waals surface area contributed by atoms with Crippen molar-refractivity contribution in [2.45, 2.75) is 24.3 Å². The van der Waals surface area contributed by atoms with Gasteiger partial charge >= 0.3 is 5.97 Å². The SMILES string of the molecule is CO/N=C(\C(=O)NC1C(=O)N2C(C(=O)[O-])=C(C[N+]3(CC(=O)O)CCCC3)CS[C@H]12)c1csc(N)n1. The van der Waals surface area contributed by atoms with E-state index < -0.39 is 35.2 Å². The van der Waals surface area contributed by atoms with Crippen molar-refractivity contribution in [3.05, 3.63) is 22.3 Å². The highest BCUT2D eigenvalue weighted by Crippen LogP contribution is 2.41. The Labute approximate surface area is 208 Å². The number of anilines is 1. The summed E-state index contributed by atoms with van der Waals surface area (Å²) in [5.41, 5.74) is 5.87. The van der Waals surface area contributed by atoms with Gasteiger partial charge in [0.25, 0.3) is 11.8 Å². The molecule has 2 fully saturated rings. The van der Waals surface area contributed by atoms with E-state index >= 15 is 0 Å². The third kappa shape index (κ3) is 4.83. The van der Waals surface area contributed by atoms with Gasteiger partial charge in [0.05, 0.1) is 24.8 Å². The van der Waals surface area contributed by atoms with E-state index in [2.05, 4.69) is 15.5 Å². The van der Waals surface area contributed by atoms with Crippen LogP contribution in [0.4, 0.5) is 5.13 Å².